The second-order valence-corrected chi connectivity index (χ2v) is 8.93. The van der Waals surface area contributed by atoms with E-state index in [-0.39, 0.29) is 18.6 Å². The number of phenols is 1. The van der Waals surface area contributed by atoms with Crippen molar-refractivity contribution >= 4 is 34.6 Å². The molecule has 1 aromatic heterocycles. The molecule has 0 fully saturated rings. The number of aliphatic hydroxyl groups excluding tert-OH is 2. The first-order valence-corrected chi connectivity index (χ1v) is 12.1. The van der Waals surface area contributed by atoms with Crippen LogP contribution >= 0.6 is 0 Å². The highest BCUT2D eigenvalue weighted by Gasteiger charge is 2.30. The van der Waals surface area contributed by atoms with E-state index in [2.05, 4.69) is 20.9 Å². The van der Waals surface area contributed by atoms with Crippen molar-refractivity contribution in [1.82, 2.24) is 20.9 Å². The van der Waals surface area contributed by atoms with E-state index in [1.165, 1.54) is 12.1 Å². The number of para-hydroxylation sites is 1. The van der Waals surface area contributed by atoms with E-state index in [4.69, 9.17) is 5.73 Å². The van der Waals surface area contributed by atoms with Crippen LogP contribution in [0.3, 0.4) is 0 Å². The average molecular weight is 542 g/mol. The van der Waals surface area contributed by atoms with Crippen molar-refractivity contribution in [3.8, 4) is 5.75 Å². The molecule has 39 heavy (non-hydrogen) atoms. The number of carboxylic acid groups (broad SMARTS) is 1. The second kappa shape index (κ2) is 13.4. The number of hydrogen-bond acceptors (Lipinski definition) is 8. The number of carbonyl (C=O) groups is 4. The van der Waals surface area contributed by atoms with Gasteiger partial charge in [0.25, 0.3) is 0 Å². The molecule has 0 aliphatic rings. The number of nitrogens with two attached hydrogens (primary N) is 1. The topological polar surface area (TPSA) is 227 Å². The van der Waals surface area contributed by atoms with Crippen LogP contribution in [-0.2, 0) is 32.0 Å². The van der Waals surface area contributed by atoms with Crippen LogP contribution in [0.5, 0.6) is 5.75 Å². The first-order valence-electron chi connectivity index (χ1n) is 12.1. The Morgan fingerprint density at radius 1 is 0.795 bits per heavy atom. The average Bonchev–Trinajstić information content (AvgIpc) is 3.33. The van der Waals surface area contributed by atoms with E-state index in [0.717, 1.165) is 10.9 Å². The number of H-pyrrole nitrogens is 1. The molecule has 0 saturated heterocycles. The fraction of sp³-hybridized carbons (Fsp3) is 0.308. The van der Waals surface area contributed by atoms with E-state index >= 15 is 0 Å². The molecule has 0 spiro atoms. The van der Waals surface area contributed by atoms with Crippen LogP contribution in [0.25, 0.3) is 10.9 Å². The molecule has 10 N–H and O–H groups in total. The number of rotatable bonds is 13. The Morgan fingerprint density at radius 3 is 1.95 bits per heavy atom. The van der Waals surface area contributed by atoms with Crippen molar-refractivity contribution in [3.05, 3.63) is 65.9 Å². The standard InChI is InChI=1S/C26H31N5O8/c27-18(9-14-5-7-16(34)8-6-14)23(35)30-21(12-32)25(37)31-22(13-33)24(36)29-20(26(38)39)10-15-11-28-19-4-2-1-3-17(15)19/h1-8,11,18,20-22,28,32-34H,9-10,12-13,27H2,(H,29,36)(H,30,35)(H,31,37)(H,38,39). The van der Waals surface area contributed by atoms with Gasteiger partial charge >= 0.3 is 5.97 Å². The molecule has 4 atom stereocenters. The Balaban J connectivity index is 1.59. The molecule has 0 aliphatic heterocycles. The Labute approximate surface area is 223 Å². The molecule has 0 radical (unpaired) electrons. The smallest absolute Gasteiger partial charge is 0.326 e. The molecule has 0 aliphatic carbocycles. The number of aromatic nitrogens is 1. The summed E-state index contributed by atoms with van der Waals surface area (Å²) in [7, 11) is 0. The summed E-state index contributed by atoms with van der Waals surface area (Å²) < 4.78 is 0. The van der Waals surface area contributed by atoms with Gasteiger partial charge in [0.2, 0.25) is 17.7 Å². The van der Waals surface area contributed by atoms with Gasteiger partial charge < -0.3 is 47.1 Å². The van der Waals surface area contributed by atoms with Crippen molar-refractivity contribution in [1.29, 1.82) is 0 Å². The van der Waals surface area contributed by atoms with Gasteiger partial charge in [0.15, 0.2) is 0 Å². The van der Waals surface area contributed by atoms with Crippen LogP contribution < -0.4 is 21.7 Å². The van der Waals surface area contributed by atoms with E-state index in [0.29, 0.717) is 11.1 Å². The van der Waals surface area contributed by atoms with Crippen molar-refractivity contribution in [3.63, 3.8) is 0 Å². The summed E-state index contributed by atoms with van der Waals surface area (Å²) in [6, 6.07) is 7.74. The van der Waals surface area contributed by atoms with Crippen LogP contribution in [0.2, 0.25) is 0 Å². The van der Waals surface area contributed by atoms with Crippen molar-refractivity contribution in [2.45, 2.75) is 37.0 Å². The van der Waals surface area contributed by atoms with Gasteiger partial charge in [-0.15, -0.1) is 0 Å². The molecule has 3 amide bonds. The van der Waals surface area contributed by atoms with Crippen LogP contribution in [0, 0.1) is 0 Å². The maximum atomic E-state index is 12.7. The van der Waals surface area contributed by atoms with E-state index in [1.54, 1.807) is 30.5 Å². The van der Waals surface area contributed by atoms with Crippen LogP contribution in [0.4, 0.5) is 0 Å². The fourth-order valence-electron chi connectivity index (χ4n) is 3.91. The molecular formula is C26H31N5O8. The van der Waals surface area contributed by atoms with Gasteiger partial charge in [0, 0.05) is 23.5 Å². The monoisotopic (exact) mass is 541 g/mol. The number of aliphatic carboxylic acids is 1. The number of amides is 3. The highest BCUT2D eigenvalue weighted by Crippen LogP contribution is 2.19. The maximum Gasteiger partial charge on any atom is 0.326 e. The Bertz CT molecular complexity index is 1310. The number of benzene rings is 2. The lowest BCUT2D eigenvalue weighted by Crippen LogP contribution is -2.59. The Kier molecular flexibility index (Phi) is 9.98. The first-order chi connectivity index (χ1) is 18.6. The van der Waals surface area contributed by atoms with Crippen LogP contribution in [0.15, 0.2) is 54.7 Å². The third-order valence-corrected chi connectivity index (χ3v) is 6.07. The largest absolute Gasteiger partial charge is 0.508 e. The SMILES string of the molecule is NC(Cc1ccc(O)cc1)C(=O)NC(CO)C(=O)NC(CO)C(=O)NC(Cc1c[nH]c2ccccc12)C(=O)O. The molecule has 2 aromatic carbocycles. The summed E-state index contributed by atoms with van der Waals surface area (Å²) in [5.41, 5.74) is 7.98. The minimum absolute atomic E-state index is 0.0453. The molecule has 0 saturated carbocycles. The number of fused-ring (bicyclic) bond motifs is 1. The van der Waals surface area contributed by atoms with E-state index in [9.17, 15) is 39.6 Å². The fourth-order valence-corrected chi connectivity index (χ4v) is 3.91. The zero-order valence-corrected chi connectivity index (χ0v) is 20.8. The molecule has 208 valence electrons. The second-order valence-electron chi connectivity index (χ2n) is 8.93. The van der Waals surface area contributed by atoms with Gasteiger partial charge in [0.1, 0.15) is 23.9 Å². The number of nitrogens with one attached hydrogen (secondary N) is 4. The van der Waals surface area contributed by atoms with Crippen LogP contribution in [0.1, 0.15) is 11.1 Å². The quantitative estimate of drug-likeness (QED) is 0.123. The Hall–Kier alpha value is -4.46. The highest BCUT2D eigenvalue weighted by molar-refractivity contribution is 5.94. The number of aromatic amines is 1. The van der Waals surface area contributed by atoms with Crippen LogP contribution in [-0.4, -0.2) is 86.5 Å². The third kappa shape index (κ3) is 7.77. The molecule has 13 heteroatoms. The predicted octanol–water partition coefficient (Wildman–Crippen LogP) is -1.49. The maximum absolute atomic E-state index is 12.7. The van der Waals surface area contributed by atoms with Gasteiger partial charge in [-0.25, -0.2) is 4.79 Å². The van der Waals surface area contributed by atoms with Gasteiger partial charge in [-0.05, 0) is 35.7 Å². The number of hydrogen-bond donors (Lipinski definition) is 9. The summed E-state index contributed by atoms with van der Waals surface area (Å²) in [5.74, 6) is -3.99. The predicted molar refractivity (Wildman–Crippen MR) is 139 cm³/mol. The number of carbonyl (C=O) groups excluding carboxylic acids is 3. The van der Waals surface area contributed by atoms with Gasteiger partial charge in [-0.1, -0.05) is 30.3 Å². The molecule has 1 heterocycles. The molecule has 0 bridgehead atoms. The Morgan fingerprint density at radius 2 is 1.36 bits per heavy atom. The molecular weight excluding hydrogens is 510 g/mol. The summed E-state index contributed by atoms with van der Waals surface area (Å²) in [5, 5.41) is 45.9. The number of phenolic OH excluding ortho intramolecular Hbond substituents is 1. The van der Waals surface area contributed by atoms with Crippen molar-refractivity contribution < 1.29 is 39.6 Å². The van der Waals surface area contributed by atoms with Crippen molar-refractivity contribution in [2.24, 2.45) is 5.73 Å². The number of carboxylic acids is 1. The summed E-state index contributed by atoms with van der Waals surface area (Å²) in [6.45, 7) is -1.70. The highest BCUT2D eigenvalue weighted by atomic mass is 16.4. The summed E-state index contributed by atoms with van der Waals surface area (Å²) in [4.78, 5) is 52.7. The van der Waals surface area contributed by atoms with E-state index < -0.39 is 61.1 Å². The zero-order valence-electron chi connectivity index (χ0n) is 20.8. The molecule has 13 nitrogen and oxygen atoms in total. The number of aromatic hydroxyl groups is 1. The normalized spacial score (nSPS) is 14.1. The lowest BCUT2D eigenvalue weighted by atomic mass is 10.0. The first kappa shape index (κ1) is 29.1. The van der Waals surface area contributed by atoms with Gasteiger partial charge in [-0.3, -0.25) is 14.4 Å². The lowest BCUT2D eigenvalue weighted by Gasteiger charge is -2.23. The summed E-state index contributed by atoms with van der Waals surface area (Å²) >= 11 is 0. The molecule has 3 rings (SSSR count). The zero-order chi connectivity index (χ0) is 28.5. The molecule has 4 unspecified atom stereocenters. The lowest BCUT2D eigenvalue weighted by molar-refractivity contribution is -0.142. The third-order valence-electron chi connectivity index (χ3n) is 6.07. The minimum atomic E-state index is -1.56. The summed E-state index contributed by atoms with van der Waals surface area (Å²) in [6.07, 6.45) is 1.66. The van der Waals surface area contributed by atoms with Gasteiger partial charge in [-0.2, -0.15) is 0 Å². The van der Waals surface area contributed by atoms with Gasteiger partial charge in [0.05, 0.1) is 19.3 Å². The van der Waals surface area contributed by atoms with Crippen molar-refractivity contribution in [2.75, 3.05) is 13.2 Å². The minimum Gasteiger partial charge on any atom is -0.508 e. The number of aliphatic hydroxyl groups is 2. The molecule has 3 aromatic rings. The van der Waals surface area contributed by atoms with E-state index in [1.807, 2.05) is 12.1 Å².